The molecule has 0 radical (unpaired) electrons. The van der Waals surface area contributed by atoms with Crippen molar-refractivity contribution in [3.8, 4) is 0 Å². The molecular formula is C31H37Cl2N3O4S. The first-order valence-electron chi connectivity index (χ1n) is 13.4. The predicted octanol–water partition coefficient (Wildman–Crippen LogP) is 6.45. The van der Waals surface area contributed by atoms with Gasteiger partial charge in [0.25, 0.3) is 10.0 Å². The Balaban J connectivity index is 2.12. The quantitative estimate of drug-likeness (QED) is 0.268. The highest BCUT2D eigenvalue weighted by Gasteiger charge is 2.34. The van der Waals surface area contributed by atoms with Gasteiger partial charge in [0, 0.05) is 12.6 Å². The number of halogens is 2. The van der Waals surface area contributed by atoms with Crippen LogP contribution in [0, 0.1) is 20.8 Å². The Hall–Kier alpha value is -3.07. The van der Waals surface area contributed by atoms with Gasteiger partial charge in [0.15, 0.2) is 0 Å². The van der Waals surface area contributed by atoms with E-state index in [0.29, 0.717) is 33.3 Å². The van der Waals surface area contributed by atoms with Crippen molar-refractivity contribution in [3.63, 3.8) is 0 Å². The smallest absolute Gasteiger partial charge is 0.264 e. The Labute approximate surface area is 253 Å². The van der Waals surface area contributed by atoms with Crippen molar-refractivity contribution in [3.05, 3.63) is 93.0 Å². The lowest BCUT2D eigenvalue weighted by atomic mass is 10.1. The third-order valence-electron chi connectivity index (χ3n) is 6.67. The average Bonchev–Trinajstić information content (AvgIpc) is 2.90. The highest BCUT2D eigenvalue weighted by Crippen LogP contribution is 2.29. The number of nitrogens with one attached hydrogen (secondary N) is 1. The fourth-order valence-electron chi connectivity index (χ4n) is 4.47. The zero-order valence-corrected chi connectivity index (χ0v) is 26.6. The molecule has 0 heterocycles. The minimum absolute atomic E-state index is 0.0327. The van der Waals surface area contributed by atoms with Crippen LogP contribution in [0.25, 0.3) is 0 Å². The van der Waals surface area contributed by atoms with Crippen LogP contribution in [0.3, 0.4) is 0 Å². The molecule has 0 aliphatic carbocycles. The molecule has 1 N–H and O–H groups in total. The van der Waals surface area contributed by atoms with Crippen molar-refractivity contribution in [2.75, 3.05) is 10.8 Å². The number of carbonyl (C=O) groups is 2. The van der Waals surface area contributed by atoms with Crippen LogP contribution in [0.1, 0.15) is 49.4 Å². The maximum absolute atomic E-state index is 14.2. The summed E-state index contributed by atoms with van der Waals surface area (Å²) >= 11 is 12.4. The number of hydrogen-bond acceptors (Lipinski definition) is 4. The first-order chi connectivity index (χ1) is 19.2. The van der Waals surface area contributed by atoms with Crippen molar-refractivity contribution in [2.45, 2.75) is 71.5 Å². The number of anilines is 1. The SMILES string of the molecule is CC[C@H](C(=O)NC(C)C)N(Cc1ccc(Cl)c(Cl)c1)C(=O)CN(c1cc(C)ccc1C)S(=O)(=O)c1ccc(C)cc1. The van der Waals surface area contributed by atoms with Gasteiger partial charge < -0.3 is 10.2 Å². The van der Waals surface area contributed by atoms with E-state index in [-0.39, 0.29) is 23.4 Å². The molecule has 3 aromatic carbocycles. The molecule has 41 heavy (non-hydrogen) atoms. The van der Waals surface area contributed by atoms with Crippen molar-refractivity contribution >= 4 is 50.7 Å². The first-order valence-corrected chi connectivity index (χ1v) is 15.6. The minimum atomic E-state index is -4.15. The molecule has 7 nitrogen and oxygen atoms in total. The van der Waals surface area contributed by atoms with E-state index in [9.17, 15) is 18.0 Å². The van der Waals surface area contributed by atoms with Crippen molar-refractivity contribution < 1.29 is 18.0 Å². The summed E-state index contributed by atoms with van der Waals surface area (Å²) < 4.78 is 29.3. The van der Waals surface area contributed by atoms with E-state index in [0.717, 1.165) is 15.4 Å². The summed E-state index contributed by atoms with van der Waals surface area (Å²) in [5.74, 6) is -0.853. The number of aryl methyl sites for hydroxylation is 3. The molecule has 0 fully saturated rings. The van der Waals surface area contributed by atoms with Crippen LogP contribution in [0.5, 0.6) is 0 Å². The molecule has 0 aliphatic rings. The zero-order valence-electron chi connectivity index (χ0n) is 24.2. The normalized spacial score (nSPS) is 12.2. The minimum Gasteiger partial charge on any atom is -0.352 e. The molecule has 2 amide bonds. The molecule has 0 aliphatic heterocycles. The van der Waals surface area contributed by atoms with Crippen LogP contribution >= 0.6 is 23.2 Å². The van der Waals surface area contributed by atoms with Crippen LogP contribution in [-0.2, 0) is 26.2 Å². The maximum atomic E-state index is 14.2. The summed E-state index contributed by atoms with van der Waals surface area (Å²) in [5, 5.41) is 3.57. The van der Waals surface area contributed by atoms with E-state index in [1.54, 1.807) is 43.3 Å². The van der Waals surface area contributed by atoms with Gasteiger partial charge in [-0.25, -0.2) is 8.42 Å². The van der Waals surface area contributed by atoms with Crippen LogP contribution in [0.4, 0.5) is 5.69 Å². The molecule has 0 unspecified atom stereocenters. The summed E-state index contributed by atoms with van der Waals surface area (Å²) in [7, 11) is -4.15. The van der Waals surface area contributed by atoms with E-state index in [1.165, 1.54) is 17.0 Å². The summed E-state index contributed by atoms with van der Waals surface area (Å²) in [6.07, 6.45) is 0.319. The van der Waals surface area contributed by atoms with E-state index in [1.807, 2.05) is 46.8 Å². The number of nitrogens with zero attached hydrogens (tertiary/aromatic N) is 2. The first kappa shape index (κ1) is 32.4. The van der Waals surface area contributed by atoms with E-state index in [2.05, 4.69) is 5.32 Å². The van der Waals surface area contributed by atoms with Crippen LogP contribution in [-0.4, -0.2) is 43.8 Å². The molecule has 0 saturated carbocycles. The highest BCUT2D eigenvalue weighted by atomic mass is 35.5. The second kappa shape index (κ2) is 13.7. The number of rotatable bonds is 11. The van der Waals surface area contributed by atoms with Crippen molar-refractivity contribution in [2.24, 2.45) is 0 Å². The lowest BCUT2D eigenvalue weighted by molar-refractivity contribution is -0.140. The number of hydrogen-bond donors (Lipinski definition) is 1. The Morgan fingerprint density at radius 2 is 1.51 bits per heavy atom. The zero-order chi connectivity index (χ0) is 30.5. The van der Waals surface area contributed by atoms with Gasteiger partial charge in [-0.2, -0.15) is 0 Å². The van der Waals surface area contributed by atoms with Crippen LogP contribution in [0.15, 0.2) is 65.6 Å². The second-order valence-electron chi connectivity index (χ2n) is 10.5. The summed E-state index contributed by atoms with van der Waals surface area (Å²) in [6, 6.07) is 16.0. The molecule has 220 valence electrons. The van der Waals surface area contributed by atoms with E-state index >= 15 is 0 Å². The van der Waals surface area contributed by atoms with Gasteiger partial charge in [0.1, 0.15) is 12.6 Å². The van der Waals surface area contributed by atoms with Gasteiger partial charge in [-0.1, -0.05) is 66.0 Å². The van der Waals surface area contributed by atoms with Gasteiger partial charge in [0.05, 0.1) is 20.6 Å². The summed E-state index contributed by atoms with van der Waals surface area (Å²) in [4.78, 5) is 28.9. The number of carbonyl (C=O) groups excluding carboxylic acids is 2. The van der Waals surface area contributed by atoms with Crippen LogP contribution < -0.4 is 9.62 Å². The van der Waals surface area contributed by atoms with Crippen molar-refractivity contribution in [1.82, 2.24) is 10.2 Å². The molecule has 10 heteroatoms. The fourth-order valence-corrected chi connectivity index (χ4v) is 6.27. The number of benzene rings is 3. The van der Waals surface area contributed by atoms with Crippen LogP contribution in [0.2, 0.25) is 10.0 Å². The lowest BCUT2D eigenvalue weighted by Crippen LogP contribution is -2.53. The van der Waals surface area contributed by atoms with Gasteiger partial charge in [-0.05, 0) is 88.1 Å². The Morgan fingerprint density at radius 3 is 2.10 bits per heavy atom. The lowest BCUT2D eigenvalue weighted by Gasteiger charge is -2.34. The molecule has 0 saturated heterocycles. The van der Waals surface area contributed by atoms with Gasteiger partial charge in [-0.15, -0.1) is 0 Å². The standard InChI is InChI=1S/C31H37Cl2N3O4S/c1-7-28(31(38)34-20(2)3)35(18-24-12-15-26(32)27(33)17-24)30(37)19-36(29-16-22(5)8-11-23(29)6)41(39,40)25-13-9-21(4)10-14-25/h8-17,20,28H,7,18-19H2,1-6H3,(H,34,38)/t28-/m1/s1. The van der Waals surface area contributed by atoms with E-state index in [4.69, 9.17) is 23.2 Å². The molecule has 0 spiro atoms. The molecule has 3 aromatic rings. The Bertz CT molecular complexity index is 1510. The monoisotopic (exact) mass is 617 g/mol. The number of sulfonamides is 1. The van der Waals surface area contributed by atoms with Gasteiger partial charge in [0.2, 0.25) is 11.8 Å². The maximum Gasteiger partial charge on any atom is 0.264 e. The molecule has 0 aromatic heterocycles. The Morgan fingerprint density at radius 1 is 0.878 bits per heavy atom. The Kier molecular flexibility index (Phi) is 10.9. The summed E-state index contributed by atoms with van der Waals surface area (Å²) in [5.41, 5.74) is 3.50. The molecule has 1 atom stereocenters. The summed E-state index contributed by atoms with van der Waals surface area (Å²) in [6.45, 7) is 10.6. The second-order valence-corrected chi connectivity index (χ2v) is 13.1. The average molecular weight is 619 g/mol. The molecular weight excluding hydrogens is 581 g/mol. The predicted molar refractivity (Wildman–Crippen MR) is 166 cm³/mol. The van der Waals surface area contributed by atoms with Gasteiger partial charge in [-0.3, -0.25) is 13.9 Å². The largest absolute Gasteiger partial charge is 0.352 e. The molecule has 3 rings (SSSR count). The topological polar surface area (TPSA) is 86.8 Å². The third-order valence-corrected chi connectivity index (χ3v) is 9.19. The van der Waals surface area contributed by atoms with Crippen molar-refractivity contribution in [1.29, 1.82) is 0 Å². The molecule has 0 bridgehead atoms. The number of amides is 2. The highest BCUT2D eigenvalue weighted by molar-refractivity contribution is 7.92. The van der Waals surface area contributed by atoms with E-state index < -0.39 is 28.5 Å². The third kappa shape index (κ3) is 8.03. The van der Waals surface area contributed by atoms with Gasteiger partial charge >= 0.3 is 0 Å². The fraction of sp³-hybridized carbons (Fsp3) is 0.355.